The number of aromatic nitrogens is 1. The molecule has 2 N–H and O–H groups in total. The van der Waals surface area contributed by atoms with E-state index < -0.39 is 5.91 Å². The predicted octanol–water partition coefficient (Wildman–Crippen LogP) is 2.63. The fraction of sp³-hybridized carbons (Fsp3) is 0.231. The van der Waals surface area contributed by atoms with Gasteiger partial charge in [-0.05, 0) is 38.1 Å². The molecule has 0 saturated carbocycles. The quantitative estimate of drug-likeness (QED) is 0.924. The van der Waals surface area contributed by atoms with Crippen molar-refractivity contribution < 1.29 is 4.79 Å². The van der Waals surface area contributed by atoms with Gasteiger partial charge in [-0.3, -0.25) is 4.79 Å². The number of hydrogen-bond acceptors (Lipinski definition) is 4. The zero-order chi connectivity index (χ0) is 13.3. The molecule has 1 heterocycles. The Balaban J connectivity index is 2.28. The van der Waals surface area contributed by atoms with Crippen LogP contribution in [0.4, 0.5) is 10.8 Å². The minimum atomic E-state index is -0.412. The molecule has 2 aromatic rings. The number of carbonyl (C=O) groups is 1. The first kappa shape index (κ1) is 12.6. The molecule has 94 valence electrons. The second-order valence-electron chi connectivity index (χ2n) is 4.11. The Labute approximate surface area is 110 Å². The van der Waals surface area contributed by atoms with Crippen molar-refractivity contribution in [3.8, 4) is 0 Å². The molecule has 2 rings (SSSR count). The Kier molecular flexibility index (Phi) is 3.34. The standard InChI is InChI=1S/C13H15N3OS/c1-8-9(2)18-13(15-8)16(3)11-6-4-10(5-7-11)12(14)17/h4-7H,1-3H3,(H2,14,17). The van der Waals surface area contributed by atoms with Gasteiger partial charge < -0.3 is 10.6 Å². The van der Waals surface area contributed by atoms with E-state index >= 15 is 0 Å². The van der Waals surface area contributed by atoms with Crippen molar-refractivity contribution in [2.24, 2.45) is 5.73 Å². The minimum Gasteiger partial charge on any atom is -0.366 e. The van der Waals surface area contributed by atoms with Crippen LogP contribution in [0, 0.1) is 13.8 Å². The highest BCUT2D eigenvalue weighted by Gasteiger charge is 2.10. The van der Waals surface area contributed by atoms with Crippen LogP contribution in [0.5, 0.6) is 0 Å². The van der Waals surface area contributed by atoms with E-state index in [4.69, 9.17) is 5.73 Å². The summed E-state index contributed by atoms with van der Waals surface area (Å²) in [5, 5.41) is 0.942. The van der Waals surface area contributed by atoms with E-state index in [1.54, 1.807) is 23.5 Å². The third kappa shape index (κ3) is 2.36. The number of benzene rings is 1. The van der Waals surface area contributed by atoms with E-state index in [-0.39, 0.29) is 0 Å². The molecule has 0 aliphatic rings. The van der Waals surface area contributed by atoms with Gasteiger partial charge in [-0.2, -0.15) is 0 Å². The number of thiazole rings is 1. The van der Waals surface area contributed by atoms with Crippen LogP contribution in [-0.4, -0.2) is 17.9 Å². The molecule has 1 aromatic carbocycles. The van der Waals surface area contributed by atoms with Gasteiger partial charge in [0.1, 0.15) is 0 Å². The van der Waals surface area contributed by atoms with E-state index in [2.05, 4.69) is 11.9 Å². The smallest absolute Gasteiger partial charge is 0.248 e. The number of nitrogens with two attached hydrogens (primary N) is 1. The van der Waals surface area contributed by atoms with Gasteiger partial charge in [0, 0.05) is 23.2 Å². The number of nitrogens with zero attached hydrogens (tertiary/aromatic N) is 2. The van der Waals surface area contributed by atoms with Crippen molar-refractivity contribution in [3.63, 3.8) is 0 Å². The van der Waals surface area contributed by atoms with Crippen LogP contribution >= 0.6 is 11.3 Å². The largest absolute Gasteiger partial charge is 0.366 e. The molecule has 18 heavy (non-hydrogen) atoms. The minimum absolute atomic E-state index is 0.412. The lowest BCUT2D eigenvalue weighted by Crippen LogP contribution is -2.12. The normalized spacial score (nSPS) is 10.4. The second-order valence-corrected chi connectivity index (χ2v) is 5.29. The van der Waals surface area contributed by atoms with E-state index in [0.29, 0.717) is 5.56 Å². The SMILES string of the molecule is Cc1nc(N(C)c2ccc(C(N)=O)cc2)sc1C. The zero-order valence-electron chi connectivity index (χ0n) is 10.6. The third-order valence-electron chi connectivity index (χ3n) is 2.84. The van der Waals surface area contributed by atoms with Gasteiger partial charge in [0.25, 0.3) is 0 Å². The monoisotopic (exact) mass is 261 g/mol. The molecular formula is C13H15N3OS. The summed E-state index contributed by atoms with van der Waals surface area (Å²) in [7, 11) is 1.96. The van der Waals surface area contributed by atoms with E-state index in [1.165, 1.54) is 4.88 Å². The summed E-state index contributed by atoms with van der Waals surface area (Å²) in [6, 6.07) is 7.18. The van der Waals surface area contributed by atoms with Crippen LogP contribution < -0.4 is 10.6 Å². The number of rotatable bonds is 3. The number of carbonyl (C=O) groups excluding carboxylic acids is 1. The first-order chi connectivity index (χ1) is 8.49. The number of hydrogen-bond donors (Lipinski definition) is 1. The van der Waals surface area contributed by atoms with Crippen molar-refractivity contribution in [1.82, 2.24) is 4.98 Å². The van der Waals surface area contributed by atoms with Gasteiger partial charge in [-0.15, -0.1) is 11.3 Å². The Morgan fingerprint density at radius 2 is 1.89 bits per heavy atom. The van der Waals surface area contributed by atoms with Crippen LogP contribution in [0.1, 0.15) is 20.9 Å². The average Bonchev–Trinajstić information content (AvgIpc) is 2.69. The molecule has 0 saturated heterocycles. The van der Waals surface area contributed by atoms with Gasteiger partial charge in [0.15, 0.2) is 5.13 Å². The fourth-order valence-corrected chi connectivity index (χ4v) is 2.45. The van der Waals surface area contributed by atoms with Gasteiger partial charge >= 0.3 is 0 Å². The van der Waals surface area contributed by atoms with Crippen molar-refractivity contribution in [2.75, 3.05) is 11.9 Å². The molecule has 0 aliphatic carbocycles. The Bertz CT molecular complexity index is 555. The Morgan fingerprint density at radius 3 is 2.33 bits per heavy atom. The van der Waals surface area contributed by atoms with Crippen LogP contribution in [0.15, 0.2) is 24.3 Å². The predicted molar refractivity (Wildman–Crippen MR) is 74.6 cm³/mol. The van der Waals surface area contributed by atoms with Gasteiger partial charge in [-0.25, -0.2) is 4.98 Å². The van der Waals surface area contributed by atoms with E-state index in [9.17, 15) is 4.79 Å². The summed E-state index contributed by atoms with van der Waals surface area (Å²) < 4.78 is 0. The zero-order valence-corrected chi connectivity index (χ0v) is 11.4. The lowest BCUT2D eigenvalue weighted by Gasteiger charge is -2.15. The highest BCUT2D eigenvalue weighted by Crippen LogP contribution is 2.29. The summed E-state index contributed by atoms with van der Waals surface area (Å²) in [4.78, 5) is 18.7. The third-order valence-corrected chi connectivity index (χ3v) is 3.99. The molecule has 0 spiro atoms. The summed E-state index contributed by atoms with van der Waals surface area (Å²) in [6.45, 7) is 4.06. The van der Waals surface area contributed by atoms with Crippen LogP contribution in [0.2, 0.25) is 0 Å². The van der Waals surface area contributed by atoms with Crippen LogP contribution in [0.25, 0.3) is 0 Å². The number of amides is 1. The molecule has 0 bridgehead atoms. The summed E-state index contributed by atoms with van der Waals surface area (Å²) in [5.74, 6) is -0.412. The maximum absolute atomic E-state index is 11.0. The lowest BCUT2D eigenvalue weighted by molar-refractivity contribution is 0.100. The summed E-state index contributed by atoms with van der Waals surface area (Å²) in [5.41, 5.74) is 7.76. The molecule has 0 fully saturated rings. The average molecular weight is 261 g/mol. The maximum atomic E-state index is 11.0. The fourth-order valence-electron chi connectivity index (χ4n) is 1.56. The number of primary amides is 1. The molecule has 1 amide bonds. The molecule has 4 nitrogen and oxygen atoms in total. The Hall–Kier alpha value is -1.88. The van der Waals surface area contributed by atoms with E-state index in [1.807, 2.05) is 31.0 Å². The molecule has 5 heteroatoms. The molecule has 0 unspecified atom stereocenters. The number of anilines is 2. The highest BCUT2D eigenvalue weighted by atomic mass is 32.1. The van der Waals surface area contributed by atoms with Gasteiger partial charge in [0.2, 0.25) is 5.91 Å². The van der Waals surface area contributed by atoms with Crippen LogP contribution in [-0.2, 0) is 0 Å². The maximum Gasteiger partial charge on any atom is 0.248 e. The van der Waals surface area contributed by atoms with Crippen molar-refractivity contribution in [3.05, 3.63) is 40.4 Å². The second kappa shape index (κ2) is 4.78. The van der Waals surface area contributed by atoms with Gasteiger partial charge in [-0.1, -0.05) is 0 Å². The first-order valence-electron chi connectivity index (χ1n) is 5.56. The molecule has 0 aliphatic heterocycles. The summed E-state index contributed by atoms with van der Waals surface area (Å²) in [6.07, 6.45) is 0. The molecule has 1 aromatic heterocycles. The van der Waals surface area contributed by atoms with Gasteiger partial charge in [0.05, 0.1) is 5.69 Å². The van der Waals surface area contributed by atoms with Crippen molar-refractivity contribution in [1.29, 1.82) is 0 Å². The van der Waals surface area contributed by atoms with Crippen molar-refractivity contribution >= 4 is 28.1 Å². The van der Waals surface area contributed by atoms with Crippen LogP contribution in [0.3, 0.4) is 0 Å². The topological polar surface area (TPSA) is 59.2 Å². The number of aryl methyl sites for hydroxylation is 2. The summed E-state index contributed by atoms with van der Waals surface area (Å²) >= 11 is 1.65. The van der Waals surface area contributed by atoms with E-state index in [0.717, 1.165) is 16.5 Å². The molecular weight excluding hydrogens is 246 g/mol. The molecule has 0 radical (unpaired) electrons. The first-order valence-corrected chi connectivity index (χ1v) is 6.38. The van der Waals surface area contributed by atoms with Crippen molar-refractivity contribution in [2.45, 2.75) is 13.8 Å². The molecule has 0 atom stereocenters. The lowest BCUT2D eigenvalue weighted by atomic mass is 10.2. The highest BCUT2D eigenvalue weighted by molar-refractivity contribution is 7.15. The Morgan fingerprint density at radius 1 is 1.28 bits per heavy atom.